The van der Waals surface area contributed by atoms with E-state index in [1.807, 2.05) is 24.3 Å². The molecule has 2 aromatic carbocycles. The first-order valence-corrected chi connectivity index (χ1v) is 6.43. The number of nitrogens with one attached hydrogen (secondary N) is 2. The molecule has 0 unspecified atom stereocenters. The second-order valence-electron chi connectivity index (χ2n) is 4.89. The first-order valence-electron chi connectivity index (χ1n) is 6.43. The Morgan fingerprint density at radius 2 is 1.80 bits per heavy atom. The molecule has 1 aliphatic rings. The van der Waals surface area contributed by atoms with Crippen LogP contribution >= 0.6 is 0 Å². The van der Waals surface area contributed by atoms with E-state index >= 15 is 0 Å². The van der Waals surface area contributed by atoms with Gasteiger partial charge in [0.15, 0.2) is 0 Å². The fourth-order valence-electron chi connectivity index (χ4n) is 2.23. The van der Waals surface area contributed by atoms with Crippen molar-refractivity contribution in [3.05, 3.63) is 42.0 Å². The molecule has 3 rings (SSSR count). The number of aromatic carboxylic acids is 1. The molecule has 0 aromatic heterocycles. The van der Waals surface area contributed by atoms with E-state index in [0.29, 0.717) is 18.8 Å². The van der Waals surface area contributed by atoms with Crippen molar-refractivity contribution in [1.29, 1.82) is 0 Å². The molecule has 3 N–H and O–H groups in total. The number of amides is 1. The Morgan fingerprint density at radius 3 is 2.35 bits per heavy atom. The Balaban J connectivity index is 2.00. The molecule has 1 heterocycles. The van der Waals surface area contributed by atoms with Gasteiger partial charge in [0, 0.05) is 13.1 Å². The Kier molecular flexibility index (Phi) is 3.12. The summed E-state index contributed by atoms with van der Waals surface area (Å²) in [7, 11) is 0. The van der Waals surface area contributed by atoms with E-state index < -0.39 is 5.97 Å². The molecule has 5 nitrogen and oxygen atoms in total. The SMILES string of the molecule is O=C(O)c1cc2ccccc2cc1NC(=O)C1CNC1. The molecule has 1 fully saturated rings. The first kappa shape index (κ1) is 12.6. The van der Waals surface area contributed by atoms with Gasteiger partial charge in [0.1, 0.15) is 0 Å². The van der Waals surface area contributed by atoms with Gasteiger partial charge in [-0.25, -0.2) is 4.79 Å². The Bertz CT molecular complexity index is 693. The van der Waals surface area contributed by atoms with Gasteiger partial charge in [0.05, 0.1) is 17.2 Å². The lowest BCUT2D eigenvalue weighted by Crippen LogP contribution is -2.48. The fraction of sp³-hybridized carbons (Fsp3) is 0.200. The molecule has 0 spiro atoms. The number of carboxylic acid groups (broad SMARTS) is 1. The highest BCUT2D eigenvalue weighted by Crippen LogP contribution is 2.25. The number of fused-ring (bicyclic) bond motifs is 1. The van der Waals surface area contributed by atoms with Crippen molar-refractivity contribution in [2.45, 2.75) is 0 Å². The Morgan fingerprint density at radius 1 is 1.15 bits per heavy atom. The van der Waals surface area contributed by atoms with Gasteiger partial charge in [-0.2, -0.15) is 0 Å². The van der Waals surface area contributed by atoms with Gasteiger partial charge < -0.3 is 15.7 Å². The Labute approximate surface area is 115 Å². The summed E-state index contributed by atoms with van der Waals surface area (Å²) >= 11 is 0. The summed E-state index contributed by atoms with van der Waals surface area (Å²) in [6.07, 6.45) is 0. The topological polar surface area (TPSA) is 78.4 Å². The van der Waals surface area contributed by atoms with Gasteiger partial charge in [-0.3, -0.25) is 4.79 Å². The van der Waals surface area contributed by atoms with E-state index in [0.717, 1.165) is 10.8 Å². The molecule has 1 amide bonds. The van der Waals surface area contributed by atoms with Crippen molar-refractivity contribution in [1.82, 2.24) is 5.32 Å². The van der Waals surface area contributed by atoms with Crippen molar-refractivity contribution in [3.63, 3.8) is 0 Å². The van der Waals surface area contributed by atoms with E-state index in [9.17, 15) is 14.7 Å². The van der Waals surface area contributed by atoms with Crippen LogP contribution in [0.4, 0.5) is 5.69 Å². The standard InChI is InChI=1S/C15H14N2O3/c18-14(11-7-16-8-11)17-13-6-10-4-2-1-3-9(10)5-12(13)15(19)20/h1-6,11,16H,7-8H2,(H,17,18)(H,19,20). The third kappa shape index (κ3) is 2.23. The van der Waals surface area contributed by atoms with E-state index in [4.69, 9.17) is 0 Å². The largest absolute Gasteiger partial charge is 0.478 e. The lowest BCUT2D eigenvalue weighted by Gasteiger charge is -2.26. The summed E-state index contributed by atoms with van der Waals surface area (Å²) < 4.78 is 0. The van der Waals surface area contributed by atoms with Crippen molar-refractivity contribution in [2.75, 3.05) is 18.4 Å². The van der Waals surface area contributed by atoms with Crippen LogP contribution in [0.25, 0.3) is 10.8 Å². The van der Waals surface area contributed by atoms with Crippen LogP contribution in [-0.2, 0) is 4.79 Å². The van der Waals surface area contributed by atoms with Crippen LogP contribution in [0.15, 0.2) is 36.4 Å². The summed E-state index contributed by atoms with van der Waals surface area (Å²) in [6, 6.07) is 10.8. The second-order valence-corrected chi connectivity index (χ2v) is 4.89. The maximum Gasteiger partial charge on any atom is 0.337 e. The first-order chi connectivity index (χ1) is 9.65. The molecule has 1 aliphatic heterocycles. The summed E-state index contributed by atoms with van der Waals surface area (Å²) in [6.45, 7) is 1.28. The Hall–Kier alpha value is -2.40. The second kappa shape index (κ2) is 4.94. The summed E-state index contributed by atoms with van der Waals surface area (Å²) in [4.78, 5) is 23.3. The molecule has 0 bridgehead atoms. The van der Waals surface area contributed by atoms with E-state index in [1.54, 1.807) is 12.1 Å². The fourth-order valence-corrected chi connectivity index (χ4v) is 2.23. The predicted molar refractivity (Wildman–Crippen MR) is 75.9 cm³/mol. The highest BCUT2D eigenvalue weighted by molar-refractivity contribution is 6.05. The number of benzene rings is 2. The molecule has 102 valence electrons. The minimum atomic E-state index is -1.04. The van der Waals surface area contributed by atoms with Crippen LogP contribution in [0.2, 0.25) is 0 Å². The highest BCUT2D eigenvalue weighted by Gasteiger charge is 2.26. The van der Waals surface area contributed by atoms with Crippen LogP contribution in [0.3, 0.4) is 0 Å². The number of hydrogen-bond donors (Lipinski definition) is 3. The lowest BCUT2D eigenvalue weighted by atomic mass is 10.0. The number of carboxylic acids is 1. The van der Waals surface area contributed by atoms with Gasteiger partial charge in [-0.05, 0) is 22.9 Å². The monoisotopic (exact) mass is 270 g/mol. The van der Waals surface area contributed by atoms with Crippen LogP contribution in [0, 0.1) is 5.92 Å². The number of anilines is 1. The van der Waals surface area contributed by atoms with E-state index in [1.165, 1.54) is 0 Å². The average molecular weight is 270 g/mol. The minimum absolute atomic E-state index is 0.0804. The molecule has 1 saturated heterocycles. The van der Waals surface area contributed by atoms with Crippen molar-refractivity contribution in [2.24, 2.45) is 5.92 Å². The van der Waals surface area contributed by atoms with E-state index in [-0.39, 0.29) is 17.4 Å². The number of hydrogen-bond acceptors (Lipinski definition) is 3. The molecule has 5 heteroatoms. The van der Waals surface area contributed by atoms with Crippen LogP contribution in [-0.4, -0.2) is 30.1 Å². The van der Waals surface area contributed by atoms with E-state index in [2.05, 4.69) is 10.6 Å². The molecular formula is C15H14N2O3. The normalized spacial score (nSPS) is 14.8. The molecule has 2 aromatic rings. The van der Waals surface area contributed by atoms with Crippen LogP contribution < -0.4 is 10.6 Å². The quantitative estimate of drug-likeness (QED) is 0.793. The molecular weight excluding hydrogens is 256 g/mol. The molecule has 20 heavy (non-hydrogen) atoms. The maximum atomic E-state index is 12.0. The van der Waals surface area contributed by atoms with Crippen molar-refractivity contribution >= 4 is 28.3 Å². The van der Waals surface area contributed by atoms with Gasteiger partial charge in [-0.15, -0.1) is 0 Å². The third-order valence-electron chi connectivity index (χ3n) is 3.53. The molecule has 0 saturated carbocycles. The number of rotatable bonds is 3. The summed E-state index contributed by atoms with van der Waals surface area (Å²) in [5.41, 5.74) is 0.470. The highest BCUT2D eigenvalue weighted by atomic mass is 16.4. The van der Waals surface area contributed by atoms with Gasteiger partial charge in [0.25, 0.3) is 0 Å². The zero-order valence-corrected chi connectivity index (χ0v) is 10.7. The average Bonchev–Trinajstić information content (AvgIpc) is 2.35. The van der Waals surface area contributed by atoms with Crippen molar-refractivity contribution < 1.29 is 14.7 Å². The summed E-state index contributed by atoms with van der Waals surface area (Å²) in [5, 5.41) is 16.8. The minimum Gasteiger partial charge on any atom is -0.478 e. The predicted octanol–water partition coefficient (Wildman–Crippen LogP) is 1.70. The smallest absolute Gasteiger partial charge is 0.337 e. The number of carbonyl (C=O) groups is 2. The van der Waals surface area contributed by atoms with Gasteiger partial charge in [0.2, 0.25) is 5.91 Å². The summed E-state index contributed by atoms with van der Waals surface area (Å²) in [5.74, 6) is -1.26. The van der Waals surface area contributed by atoms with Crippen molar-refractivity contribution in [3.8, 4) is 0 Å². The molecule has 0 radical (unpaired) electrons. The number of carbonyl (C=O) groups excluding carboxylic acids is 1. The van der Waals surface area contributed by atoms with Crippen LogP contribution in [0.1, 0.15) is 10.4 Å². The zero-order valence-electron chi connectivity index (χ0n) is 10.7. The maximum absolute atomic E-state index is 12.0. The zero-order chi connectivity index (χ0) is 14.1. The third-order valence-corrected chi connectivity index (χ3v) is 3.53. The van der Waals surface area contributed by atoms with Gasteiger partial charge in [-0.1, -0.05) is 24.3 Å². The van der Waals surface area contributed by atoms with Gasteiger partial charge >= 0.3 is 5.97 Å². The lowest BCUT2D eigenvalue weighted by molar-refractivity contribution is -0.121. The molecule has 0 atom stereocenters. The molecule has 0 aliphatic carbocycles. The van der Waals surface area contributed by atoms with Crippen LogP contribution in [0.5, 0.6) is 0 Å².